The fourth-order valence-electron chi connectivity index (χ4n) is 1.87. The van der Waals surface area contributed by atoms with Crippen molar-refractivity contribution in [2.24, 2.45) is 0 Å². The molecule has 0 spiro atoms. The Morgan fingerprint density at radius 2 is 1.95 bits per heavy atom. The Hall–Kier alpha value is -2.41. The molecule has 20 heavy (non-hydrogen) atoms. The first-order chi connectivity index (χ1) is 9.75. The summed E-state index contributed by atoms with van der Waals surface area (Å²) in [4.78, 5) is 10.6. The lowest BCUT2D eigenvalue weighted by Crippen LogP contribution is -1.94. The van der Waals surface area contributed by atoms with E-state index in [-0.39, 0.29) is 10.6 Å². The van der Waals surface area contributed by atoms with Crippen LogP contribution in [0.15, 0.2) is 53.8 Å². The van der Waals surface area contributed by atoms with Gasteiger partial charge in [-0.3, -0.25) is 14.5 Å². The Balaban J connectivity index is 1.85. The number of nitro benzene ring substituents is 1. The average Bonchev–Trinajstić information content (AvgIpc) is 2.88. The van der Waals surface area contributed by atoms with Crippen molar-refractivity contribution < 1.29 is 4.92 Å². The minimum atomic E-state index is -0.363. The highest BCUT2D eigenvalue weighted by molar-refractivity contribution is 7.98. The van der Waals surface area contributed by atoms with Crippen molar-refractivity contribution in [3.05, 3.63) is 64.3 Å². The maximum atomic E-state index is 11.0. The minimum absolute atomic E-state index is 0.133. The number of benzene rings is 1. The molecule has 0 aliphatic rings. The molecule has 0 fully saturated rings. The van der Waals surface area contributed by atoms with Gasteiger partial charge in [0.15, 0.2) is 10.8 Å². The van der Waals surface area contributed by atoms with E-state index in [0.717, 1.165) is 10.8 Å². The summed E-state index contributed by atoms with van der Waals surface area (Å²) in [5.41, 5.74) is 1.57. The number of nitrogens with zero attached hydrogens (tertiary/aromatic N) is 4. The molecule has 0 amide bonds. The van der Waals surface area contributed by atoms with Gasteiger partial charge < -0.3 is 0 Å². The molecule has 6 nitrogen and oxygen atoms in total. The smallest absolute Gasteiger partial charge is 0.273 e. The summed E-state index contributed by atoms with van der Waals surface area (Å²) in [7, 11) is 0. The van der Waals surface area contributed by atoms with Crippen LogP contribution in [-0.4, -0.2) is 19.5 Å². The molecule has 0 N–H and O–H groups in total. The Labute approximate surface area is 118 Å². The number of nitro groups is 1. The van der Waals surface area contributed by atoms with Crippen LogP contribution in [0.1, 0.15) is 5.56 Å². The van der Waals surface area contributed by atoms with Crippen LogP contribution in [0.4, 0.5) is 5.69 Å². The molecule has 0 aliphatic heterocycles. The van der Waals surface area contributed by atoms with E-state index in [4.69, 9.17) is 0 Å². The first kappa shape index (κ1) is 12.6. The molecule has 7 heteroatoms. The summed E-state index contributed by atoms with van der Waals surface area (Å²) in [6, 6.07) is 12.4. The lowest BCUT2D eigenvalue weighted by atomic mass is 10.2. The largest absolute Gasteiger partial charge is 0.277 e. The number of rotatable bonds is 4. The number of aromatic nitrogens is 3. The highest BCUT2D eigenvalue weighted by Crippen LogP contribution is 2.26. The van der Waals surface area contributed by atoms with Crippen LogP contribution in [-0.2, 0) is 5.75 Å². The van der Waals surface area contributed by atoms with E-state index < -0.39 is 0 Å². The van der Waals surface area contributed by atoms with Gasteiger partial charge in [-0.15, -0.1) is 10.2 Å². The summed E-state index contributed by atoms with van der Waals surface area (Å²) in [5, 5.41) is 19.8. The molecule has 3 aromatic rings. The quantitative estimate of drug-likeness (QED) is 0.419. The van der Waals surface area contributed by atoms with E-state index in [1.807, 2.05) is 28.8 Å². The molecule has 0 radical (unpaired) electrons. The SMILES string of the molecule is O=[N+]([O-])c1ccccc1CSc1nnc2ccccn12. The molecule has 0 unspecified atom stereocenters. The molecular formula is C13H10N4O2S. The van der Waals surface area contributed by atoms with Crippen molar-refractivity contribution in [3.8, 4) is 0 Å². The van der Waals surface area contributed by atoms with Gasteiger partial charge in [0, 0.05) is 23.6 Å². The highest BCUT2D eigenvalue weighted by atomic mass is 32.2. The van der Waals surface area contributed by atoms with Crippen molar-refractivity contribution in [2.45, 2.75) is 10.9 Å². The number of pyridine rings is 1. The molecular weight excluding hydrogens is 276 g/mol. The zero-order valence-electron chi connectivity index (χ0n) is 10.3. The molecule has 0 bridgehead atoms. The van der Waals surface area contributed by atoms with Gasteiger partial charge in [0.25, 0.3) is 5.69 Å². The molecule has 2 heterocycles. The first-order valence-electron chi connectivity index (χ1n) is 5.90. The second-order valence-corrected chi connectivity index (χ2v) is 5.03. The summed E-state index contributed by atoms with van der Waals surface area (Å²) < 4.78 is 1.86. The van der Waals surface area contributed by atoms with Gasteiger partial charge in [-0.25, -0.2) is 0 Å². The molecule has 0 saturated heterocycles. The second-order valence-electron chi connectivity index (χ2n) is 4.09. The van der Waals surface area contributed by atoms with Crippen LogP contribution in [0.5, 0.6) is 0 Å². The third-order valence-electron chi connectivity index (χ3n) is 2.83. The average molecular weight is 286 g/mol. The van der Waals surface area contributed by atoms with E-state index in [0.29, 0.717) is 11.3 Å². The monoisotopic (exact) mass is 286 g/mol. The van der Waals surface area contributed by atoms with E-state index in [9.17, 15) is 10.1 Å². The number of thioether (sulfide) groups is 1. The Kier molecular flexibility index (Phi) is 3.34. The van der Waals surface area contributed by atoms with Gasteiger partial charge in [-0.1, -0.05) is 36.0 Å². The van der Waals surface area contributed by atoms with Crippen LogP contribution >= 0.6 is 11.8 Å². The van der Waals surface area contributed by atoms with E-state index in [1.54, 1.807) is 18.2 Å². The summed E-state index contributed by atoms with van der Waals surface area (Å²) in [6.07, 6.45) is 1.87. The van der Waals surface area contributed by atoms with Gasteiger partial charge >= 0.3 is 0 Å². The van der Waals surface area contributed by atoms with E-state index in [2.05, 4.69) is 10.2 Å². The van der Waals surface area contributed by atoms with Gasteiger partial charge in [-0.05, 0) is 12.1 Å². The Morgan fingerprint density at radius 3 is 2.80 bits per heavy atom. The lowest BCUT2D eigenvalue weighted by Gasteiger charge is -2.02. The topological polar surface area (TPSA) is 73.3 Å². The molecule has 0 atom stereocenters. The maximum absolute atomic E-state index is 11.0. The van der Waals surface area contributed by atoms with Crippen molar-refractivity contribution >= 4 is 23.1 Å². The Bertz CT molecular complexity index is 772. The second kappa shape index (κ2) is 5.30. The highest BCUT2D eigenvalue weighted by Gasteiger charge is 2.13. The molecule has 2 aromatic heterocycles. The van der Waals surface area contributed by atoms with E-state index in [1.165, 1.54) is 17.8 Å². The summed E-state index contributed by atoms with van der Waals surface area (Å²) in [5.74, 6) is 0.479. The van der Waals surface area contributed by atoms with Gasteiger partial charge in [-0.2, -0.15) is 0 Å². The predicted molar refractivity (Wildman–Crippen MR) is 75.6 cm³/mol. The minimum Gasteiger partial charge on any atom is -0.277 e. The van der Waals surface area contributed by atoms with Crippen LogP contribution in [0.3, 0.4) is 0 Å². The third-order valence-corrected chi connectivity index (χ3v) is 3.82. The predicted octanol–water partition coefficient (Wildman–Crippen LogP) is 2.93. The fourth-order valence-corrected chi connectivity index (χ4v) is 2.79. The molecule has 0 saturated carbocycles. The first-order valence-corrected chi connectivity index (χ1v) is 6.89. The third kappa shape index (κ3) is 2.35. The number of para-hydroxylation sites is 1. The molecule has 3 rings (SSSR count). The van der Waals surface area contributed by atoms with Gasteiger partial charge in [0.1, 0.15) is 0 Å². The van der Waals surface area contributed by atoms with Crippen LogP contribution in [0.2, 0.25) is 0 Å². The lowest BCUT2D eigenvalue weighted by molar-refractivity contribution is -0.385. The van der Waals surface area contributed by atoms with Gasteiger partial charge in [0.2, 0.25) is 0 Å². The number of fused-ring (bicyclic) bond motifs is 1. The maximum Gasteiger partial charge on any atom is 0.273 e. The van der Waals surface area contributed by atoms with E-state index >= 15 is 0 Å². The summed E-state index contributed by atoms with van der Waals surface area (Å²) >= 11 is 1.43. The molecule has 100 valence electrons. The number of hydrogen-bond acceptors (Lipinski definition) is 5. The summed E-state index contributed by atoms with van der Waals surface area (Å²) in [6.45, 7) is 0. The zero-order valence-corrected chi connectivity index (χ0v) is 11.2. The number of hydrogen-bond donors (Lipinski definition) is 0. The van der Waals surface area contributed by atoms with Crippen molar-refractivity contribution in [1.29, 1.82) is 0 Å². The van der Waals surface area contributed by atoms with Crippen molar-refractivity contribution in [3.63, 3.8) is 0 Å². The van der Waals surface area contributed by atoms with Crippen LogP contribution in [0, 0.1) is 10.1 Å². The standard InChI is InChI=1S/C13H10N4O2S/c18-17(19)11-6-2-1-5-10(11)9-20-13-15-14-12-7-3-4-8-16(12)13/h1-8H,9H2. The Morgan fingerprint density at radius 1 is 1.15 bits per heavy atom. The van der Waals surface area contributed by atoms with Crippen LogP contribution in [0.25, 0.3) is 5.65 Å². The van der Waals surface area contributed by atoms with Gasteiger partial charge in [0.05, 0.1) is 4.92 Å². The van der Waals surface area contributed by atoms with Crippen LogP contribution < -0.4 is 0 Å². The van der Waals surface area contributed by atoms with Crippen molar-refractivity contribution in [1.82, 2.24) is 14.6 Å². The molecule has 0 aliphatic carbocycles. The molecule has 1 aromatic carbocycles. The zero-order chi connectivity index (χ0) is 13.9. The van der Waals surface area contributed by atoms with Crippen molar-refractivity contribution in [2.75, 3.05) is 0 Å². The normalized spacial score (nSPS) is 10.8. The fraction of sp³-hybridized carbons (Fsp3) is 0.0769.